The number of carbonyl (C=O) groups excluding carboxylic acids is 2. The van der Waals surface area contributed by atoms with Crippen molar-refractivity contribution >= 4 is 11.8 Å². The summed E-state index contributed by atoms with van der Waals surface area (Å²) in [4.78, 5) is 24.9. The van der Waals surface area contributed by atoms with E-state index in [1.165, 1.54) is 18.2 Å². The zero-order valence-electron chi connectivity index (χ0n) is 12.2. The molecule has 2 amide bonds. The zero-order valence-corrected chi connectivity index (χ0v) is 12.2. The summed E-state index contributed by atoms with van der Waals surface area (Å²) in [5.41, 5.74) is -0.890. The van der Waals surface area contributed by atoms with E-state index in [0.29, 0.717) is 12.8 Å². The first-order valence-electron chi connectivity index (χ1n) is 6.70. The van der Waals surface area contributed by atoms with Gasteiger partial charge in [0.05, 0.1) is 18.4 Å². The third kappa shape index (κ3) is 4.38. The Labute approximate surface area is 118 Å². The van der Waals surface area contributed by atoms with Gasteiger partial charge in [-0.05, 0) is 25.0 Å². The average molecular weight is 282 g/mol. The SMILES string of the molecule is CCC(O)(CC)CNC(=O)CN(C)C(=O)c1ccco1. The minimum atomic E-state index is -0.890. The predicted molar refractivity (Wildman–Crippen MR) is 74.2 cm³/mol. The quantitative estimate of drug-likeness (QED) is 0.782. The summed E-state index contributed by atoms with van der Waals surface area (Å²) in [5, 5.41) is 12.7. The number of nitrogens with one attached hydrogen (secondary N) is 1. The number of hydrogen-bond donors (Lipinski definition) is 2. The maximum Gasteiger partial charge on any atom is 0.289 e. The molecule has 0 aliphatic rings. The van der Waals surface area contributed by atoms with Gasteiger partial charge >= 0.3 is 0 Å². The first kappa shape index (κ1) is 16.2. The Morgan fingerprint density at radius 1 is 1.40 bits per heavy atom. The summed E-state index contributed by atoms with van der Waals surface area (Å²) in [6, 6.07) is 3.16. The molecule has 112 valence electrons. The van der Waals surface area contributed by atoms with Crippen LogP contribution in [0.4, 0.5) is 0 Å². The van der Waals surface area contributed by atoms with Crippen LogP contribution in [-0.2, 0) is 4.79 Å². The van der Waals surface area contributed by atoms with Crippen molar-refractivity contribution in [1.29, 1.82) is 0 Å². The van der Waals surface area contributed by atoms with Gasteiger partial charge in [-0.2, -0.15) is 0 Å². The third-order valence-electron chi connectivity index (χ3n) is 3.39. The van der Waals surface area contributed by atoms with Crippen molar-refractivity contribution in [2.24, 2.45) is 0 Å². The highest BCUT2D eigenvalue weighted by molar-refractivity contribution is 5.94. The standard InChI is InChI=1S/C14H22N2O4/c1-4-14(19,5-2)10-15-12(17)9-16(3)13(18)11-7-6-8-20-11/h6-8,19H,4-5,9-10H2,1-3H3,(H,15,17). The maximum atomic E-state index is 11.9. The lowest BCUT2D eigenvalue weighted by molar-refractivity contribution is -0.122. The lowest BCUT2D eigenvalue weighted by Gasteiger charge is -2.26. The summed E-state index contributed by atoms with van der Waals surface area (Å²) in [5.74, 6) is -0.474. The maximum absolute atomic E-state index is 11.9. The van der Waals surface area contributed by atoms with Crippen LogP contribution in [0.25, 0.3) is 0 Å². The molecule has 2 N–H and O–H groups in total. The summed E-state index contributed by atoms with van der Waals surface area (Å²) < 4.78 is 4.98. The van der Waals surface area contributed by atoms with E-state index in [0.717, 1.165) is 0 Å². The van der Waals surface area contributed by atoms with E-state index in [2.05, 4.69) is 5.32 Å². The van der Waals surface area contributed by atoms with E-state index >= 15 is 0 Å². The van der Waals surface area contributed by atoms with Crippen molar-refractivity contribution in [3.8, 4) is 0 Å². The molecule has 0 fully saturated rings. The molecule has 0 atom stereocenters. The Morgan fingerprint density at radius 3 is 2.55 bits per heavy atom. The molecular weight excluding hydrogens is 260 g/mol. The van der Waals surface area contributed by atoms with Crippen molar-refractivity contribution in [3.63, 3.8) is 0 Å². The summed E-state index contributed by atoms with van der Waals surface area (Å²) >= 11 is 0. The van der Waals surface area contributed by atoms with Crippen LogP contribution in [0.15, 0.2) is 22.8 Å². The molecule has 0 saturated carbocycles. The number of aliphatic hydroxyl groups is 1. The fourth-order valence-corrected chi connectivity index (χ4v) is 1.69. The van der Waals surface area contributed by atoms with Crippen LogP contribution in [0.3, 0.4) is 0 Å². The summed E-state index contributed by atoms with van der Waals surface area (Å²) in [7, 11) is 1.52. The second kappa shape index (κ2) is 7.09. The molecule has 0 unspecified atom stereocenters. The second-order valence-electron chi connectivity index (χ2n) is 4.85. The van der Waals surface area contributed by atoms with E-state index in [9.17, 15) is 14.7 Å². The van der Waals surface area contributed by atoms with Crippen molar-refractivity contribution < 1.29 is 19.1 Å². The average Bonchev–Trinajstić information content (AvgIpc) is 2.98. The molecule has 0 aliphatic heterocycles. The van der Waals surface area contributed by atoms with Crippen LogP contribution in [-0.4, -0.2) is 47.6 Å². The van der Waals surface area contributed by atoms with Crippen LogP contribution >= 0.6 is 0 Å². The van der Waals surface area contributed by atoms with Crippen molar-refractivity contribution in [1.82, 2.24) is 10.2 Å². The lowest BCUT2D eigenvalue weighted by Crippen LogP contribution is -2.45. The highest BCUT2D eigenvalue weighted by atomic mass is 16.3. The minimum Gasteiger partial charge on any atom is -0.459 e. The molecule has 0 aromatic carbocycles. The van der Waals surface area contributed by atoms with E-state index < -0.39 is 5.60 Å². The van der Waals surface area contributed by atoms with Crippen LogP contribution in [0.1, 0.15) is 37.2 Å². The molecule has 6 heteroatoms. The minimum absolute atomic E-state index is 0.0803. The molecule has 0 bridgehead atoms. The zero-order chi connectivity index (χ0) is 15.2. The highest BCUT2D eigenvalue weighted by Gasteiger charge is 2.23. The monoisotopic (exact) mass is 282 g/mol. The normalized spacial score (nSPS) is 11.2. The Hall–Kier alpha value is -1.82. The first-order chi connectivity index (χ1) is 9.41. The molecular formula is C14H22N2O4. The van der Waals surface area contributed by atoms with E-state index in [1.54, 1.807) is 12.1 Å². The van der Waals surface area contributed by atoms with Gasteiger partial charge in [-0.1, -0.05) is 13.8 Å². The molecule has 1 rings (SSSR count). The largest absolute Gasteiger partial charge is 0.459 e. The Kier molecular flexibility index (Phi) is 5.76. The summed E-state index contributed by atoms with van der Waals surface area (Å²) in [6.45, 7) is 3.83. The Bertz CT molecular complexity index is 438. The van der Waals surface area contributed by atoms with Crippen LogP contribution in [0.2, 0.25) is 0 Å². The number of carbonyl (C=O) groups is 2. The van der Waals surface area contributed by atoms with Crippen molar-refractivity contribution in [3.05, 3.63) is 24.2 Å². The molecule has 1 aromatic rings. The molecule has 0 aliphatic carbocycles. The second-order valence-corrected chi connectivity index (χ2v) is 4.85. The smallest absolute Gasteiger partial charge is 0.289 e. The van der Waals surface area contributed by atoms with Gasteiger partial charge in [0, 0.05) is 13.6 Å². The molecule has 1 aromatic heterocycles. The number of hydrogen-bond acceptors (Lipinski definition) is 4. The van der Waals surface area contributed by atoms with Crippen LogP contribution < -0.4 is 5.32 Å². The first-order valence-corrected chi connectivity index (χ1v) is 6.70. The Morgan fingerprint density at radius 2 is 2.05 bits per heavy atom. The number of furan rings is 1. The number of nitrogens with zero attached hydrogens (tertiary/aromatic N) is 1. The Balaban J connectivity index is 2.44. The van der Waals surface area contributed by atoms with Gasteiger partial charge < -0.3 is 19.7 Å². The van der Waals surface area contributed by atoms with Crippen LogP contribution in [0, 0.1) is 0 Å². The topological polar surface area (TPSA) is 82.8 Å². The van der Waals surface area contributed by atoms with Gasteiger partial charge in [0.1, 0.15) is 0 Å². The lowest BCUT2D eigenvalue weighted by atomic mass is 9.98. The number of amides is 2. The van der Waals surface area contributed by atoms with Crippen molar-refractivity contribution in [2.75, 3.05) is 20.1 Å². The molecule has 20 heavy (non-hydrogen) atoms. The van der Waals surface area contributed by atoms with E-state index in [4.69, 9.17) is 4.42 Å². The summed E-state index contributed by atoms with van der Waals surface area (Å²) in [6.07, 6.45) is 2.53. The molecule has 0 spiro atoms. The fourth-order valence-electron chi connectivity index (χ4n) is 1.69. The number of likely N-dealkylation sites (N-methyl/N-ethyl adjacent to an activating group) is 1. The van der Waals surface area contributed by atoms with Crippen LogP contribution in [0.5, 0.6) is 0 Å². The van der Waals surface area contributed by atoms with Gasteiger partial charge in [-0.15, -0.1) is 0 Å². The van der Waals surface area contributed by atoms with Crippen molar-refractivity contribution in [2.45, 2.75) is 32.3 Å². The van der Waals surface area contributed by atoms with Gasteiger partial charge in [0.25, 0.3) is 5.91 Å². The molecule has 0 saturated heterocycles. The molecule has 6 nitrogen and oxygen atoms in total. The van der Waals surface area contributed by atoms with Gasteiger partial charge in [0.15, 0.2) is 5.76 Å². The van der Waals surface area contributed by atoms with Gasteiger partial charge in [-0.3, -0.25) is 9.59 Å². The van der Waals surface area contributed by atoms with Gasteiger partial charge in [0.2, 0.25) is 5.91 Å². The fraction of sp³-hybridized carbons (Fsp3) is 0.571. The van der Waals surface area contributed by atoms with E-state index in [1.807, 2.05) is 13.8 Å². The van der Waals surface area contributed by atoms with Gasteiger partial charge in [-0.25, -0.2) is 0 Å². The van der Waals surface area contributed by atoms with E-state index in [-0.39, 0.29) is 30.7 Å². The number of rotatable bonds is 7. The predicted octanol–water partition coefficient (Wildman–Crippen LogP) is 1.02. The highest BCUT2D eigenvalue weighted by Crippen LogP contribution is 2.12. The third-order valence-corrected chi connectivity index (χ3v) is 3.39. The molecule has 1 heterocycles. The molecule has 0 radical (unpaired) electrons.